The highest BCUT2D eigenvalue weighted by molar-refractivity contribution is 7.99. The fraction of sp³-hybridized carbons (Fsp3) is 0.609. The number of carbonyl (C=O) groups excluding carboxylic acids is 1. The van der Waals surface area contributed by atoms with Crippen LogP contribution in [0.3, 0.4) is 0 Å². The third-order valence-corrected chi connectivity index (χ3v) is 7.17. The van der Waals surface area contributed by atoms with E-state index in [1.807, 2.05) is 11.0 Å². The average molecular weight is 443 g/mol. The smallest absolute Gasteiger partial charge is 0.236 e. The van der Waals surface area contributed by atoms with Crippen LogP contribution in [0.2, 0.25) is 0 Å². The molecule has 4 rings (SSSR count). The maximum absolute atomic E-state index is 13.0. The highest BCUT2D eigenvalue weighted by atomic mass is 32.2. The molecule has 3 heterocycles. The molecule has 2 saturated heterocycles. The first-order chi connectivity index (χ1) is 15.2. The van der Waals surface area contributed by atoms with Crippen LogP contribution in [-0.2, 0) is 11.3 Å². The van der Waals surface area contributed by atoms with E-state index in [4.69, 9.17) is 0 Å². The molecule has 1 aromatic carbocycles. The number of piperazine rings is 1. The standard InChI is InChI=1S/C23H34N6OS/c1-3-29-22(24-25-23(29)31-4-2)19-9-8-12-26(17-19)18-21(30)28-15-13-27(14-16-28)20-10-6-5-7-11-20/h5-7,10-11,19H,3-4,8-9,12-18H2,1-2H3. The summed E-state index contributed by atoms with van der Waals surface area (Å²) in [7, 11) is 0. The van der Waals surface area contributed by atoms with Crippen LogP contribution in [0.4, 0.5) is 5.69 Å². The number of likely N-dealkylation sites (tertiary alicyclic amines) is 1. The summed E-state index contributed by atoms with van der Waals surface area (Å²) in [6.45, 7) is 11.0. The maximum Gasteiger partial charge on any atom is 0.236 e. The van der Waals surface area contributed by atoms with Gasteiger partial charge in [0.2, 0.25) is 5.91 Å². The Bertz CT molecular complexity index is 849. The summed E-state index contributed by atoms with van der Waals surface area (Å²) in [6.07, 6.45) is 2.22. The van der Waals surface area contributed by atoms with Gasteiger partial charge in [0.1, 0.15) is 5.82 Å². The summed E-state index contributed by atoms with van der Waals surface area (Å²) in [5, 5.41) is 9.97. The van der Waals surface area contributed by atoms with Gasteiger partial charge in [-0.05, 0) is 44.2 Å². The molecular formula is C23H34N6OS. The number of hydrogen-bond acceptors (Lipinski definition) is 6. The number of carbonyl (C=O) groups is 1. The zero-order chi connectivity index (χ0) is 21.6. The van der Waals surface area contributed by atoms with Crippen LogP contribution in [0.25, 0.3) is 0 Å². The molecule has 2 aliphatic heterocycles. The molecule has 1 amide bonds. The Hall–Kier alpha value is -2.06. The molecule has 1 unspecified atom stereocenters. The van der Waals surface area contributed by atoms with Crippen molar-refractivity contribution < 1.29 is 4.79 Å². The van der Waals surface area contributed by atoms with Gasteiger partial charge in [-0.25, -0.2) is 0 Å². The predicted octanol–water partition coefficient (Wildman–Crippen LogP) is 2.94. The highest BCUT2D eigenvalue weighted by Gasteiger charge is 2.29. The van der Waals surface area contributed by atoms with Crippen molar-refractivity contribution in [2.45, 2.75) is 44.3 Å². The van der Waals surface area contributed by atoms with Crippen molar-refractivity contribution >= 4 is 23.4 Å². The number of anilines is 1. The number of amides is 1. The summed E-state index contributed by atoms with van der Waals surface area (Å²) < 4.78 is 2.26. The molecular weight excluding hydrogens is 408 g/mol. The quantitative estimate of drug-likeness (QED) is 0.615. The first kappa shape index (κ1) is 22.1. The number of nitrogens with zero attached hydrogens (tertiary/aromatic N) is 6. The number of rotatable bonds is 7. The topological polar surface area (TPSA) is 57.5 Å². The first-order valence-electron chi connectivity index (χ1n) is 11.6. The van der Waals surface area contributed by atoms with Crippen LogP contribution in [0, 0.1) is 0 Å². The molecule has 0 N–H and O–H groups in total. The molecule has 2 fully saturated rings. The van der Waals surface area contributed by atoms with Crippen LogP contribution < -0.4 is 4.90 Å². The van der Waals surface area contributed by atoms with Gasteiger partial charge in [0, 0.05) is 50.9 Å². The zero-order valence-corrected chi connectivity index (χ0v) is 19.6. The molecule has 0 saturated carbocycles. The first-order valence-corrected chi connectivity index (χ1v) is 12.5. The molecule has 0 bridgehead atoms. The highest BCUT2D eigenvalue weighted by Crippen LogP contribution is 2.28. The average Bonchev–Trinajstić information content (AvgIpc) is 3.23. The molecule has 1 aromatic heterocycles. The summed E-state index contributed by atoms with van der Waals surface area (Å²) in [6, 6.07) is 10.5. The number of piperidine rings is 1. The second-order valence-corrected chi connectivity index (χ2v) is 9.53. The van der Waals surface area contributed by atoms with Gasteiger partial charge in [0.15, 0.2) is 5.16 Å². The molecule has 2 aliphatic rings. The van der Waals surface area contributed by atoms with E-state index in [9.17, 15) is 4.79 Å². The van der Waals surface area contributed by atoms with Crippen molar-refractivity contribution in [3.63, 3.8) is 0 Å². The minimum absolute atomic E-state index is 0.257. The molecule has 0 radical (unpaired) electrons. The maximum atomic E-state index is 13.0. The van der Waals surface area contributed by atoms with Gasteiger partial charge in [0.05, 0.1) is 6.54 Å². The van der Waals surface area contributed by atoms with Crippen LogP contribution in [0.1, 0.15) is 38.4 Å². The molecule has 0 spiro atoms. The number of aromatic nitrogens is 3. The minimum atomic E-state index is 0.257. The summed E-state index contributed by atoms with van der Waals surface area (Å²) in [4.78, 5) is 19.7. The van der Waals surface area contributed by atoms with Crippen LogP contribution in [-0.4, -0.2) is 82.0 Å². The Morgan fingerprint density at radius 1 is 1.06 bits per heavy atom. The number of hydrogen-bond donors (Lipinski definition) is 0. The second-order valence-electron chi connectivity index (χ2n) is 8.30. The van der Waals surface area contributed by atoms with Crippen molar-refractivity contribution in [1.29, 1.82) is 0 Å². The normalized spacial score (nSPS) is 20.3. The Morgan fingerprint density at radius 2 is 1.84 bits per heavy atom. The zero-order valence-electron chi connectivity index (χ0n) is 18.7. The van der Waals surface area contributed by atoms with Crippen molar-refractivity contribution in [2.75, 3.05) is 56.5 Å². The third kappa shape index (κ3) is 5.23. The summed E-state index contributed by atoms with van der Waals surface area (Å²) >= 11 is 1.75. The van der Waals surface area contributed by atoms with Gasteiger partial charge < -0.3 is 14.4 Å². The molecule has 1 atom stereocenters. The van der Waals surface area contributed by atoms with Crippen molar-refractivity contribution in [2.24, 2.45) is 0 Å². The molecule has 0 aliphatic carbocycles. The van der Waals surface area contributed by atoms with E-state index in [0.29, 0.717) is 12.5 Å². The number of thioether (sulfide) groups is 1. The molecule has 31 heavy (non-hydrogen) atoms. The molecule has 7 nitrogen and oxygen atoms in total. The Labute approximate surface area is 189 Å². The van der Waals surface area contributed by atoms with E-state index in [1.54, 1.807) is 11.8 Å². The third-order valence-electron chi connectivity index (χ3n) is 6.32. The fourth-order valence-electron chi connectivity index (χ4n) is 4.69. The van der Waals surface area contributed by atoms with E-state index in [1.165, 1.54) is 5.69 Å². The largest absolute Gasteiger partial charge is 0.368 e. The SMILES string of the molecule is CCSc1nnc(C2CCCN(CC(=O)N3CCN(c4ccccc4)CC3)C2)n1CC. The van der Waals surface area contributed by atoms with Crippen molar-refractivity contribution in [3.05, 3.63) is 36.2 Å². The second kappa shape index (κ2) is 10.5. The predicted molar refractivity (Wildman–Crippen MR) is 126 cm³/mol. The summed E-state index contributed by atoms with van der Waals surface area (Å²) in [5.41, 5.74) is 1.24. The Kier molecular flexibility index (Phi) is 7.50. The van der Waals surface area contributed by atoms with Gasteiger partial charge in [0.25, 0.3) is 0 Å². The number of para-hydroxylation sites is 1. The molecule has 2 aromatic rings. The lowest BCUT2D eigenvalue weighted by molar-refractivity contribution is -0.133. The Balaban J connectivity index is 1.31. The van der Waals surface area contributed by atoms with Gasteiger partial charge in [-0.15, -0.1) is 10.2 Å². The minimum Gasteiger partial charge on any atom is -0.368 e. The van der Waals surface area contributed by atoms with E-state index in [0.717, 1.165) is 75.4 Å². The molecule has 168 valence electrons. The summed E-state index contributed by atoms with van der Waals surface area (Å²) in [5.74, 6) is 2.70. The monoisotopic (exact) mass is 442 g/mol. The molecule has 8 heteroatoms. The van der Waals surface area contributed by atoms with E-state index >= 15 is 0 Å². The fourth-order valence-corrected chi connectivity index (χ4v) is 5.42. The van der Waals surface area contributed by atoms with Crippen molar-refractivity contribution in [3.8, 4) is 0 Å². The lowest BCUT2D eigenvalue weighted by Crippen LogP contribution is -2.52. The van der Waals surface area contributed by atoms with Crippen LogP contribution in [0.5, 0.6) is 0 Å². The van der Waals surface area contributed by atoms with Crippen LogP contribution in [0.15, 0.2) is 35.5 Å². The van der Waals surface area contributed by atoms with E-state index in [2.05, 4.69) is 62.7 Å². The van der Waals surface area contributed by atoms with E-state index < -0.39 is 0 Å². The van der Waals surface area contributed by atoms with Gasteiger partial charge in [-0.1, -0.05) is 36.9 Å². The number of benzene rings is 1. The van der Waals surface area contributed by atoms with Crippen LogP contribution >= 0.6 is 11.8 Å². The van der Waals surface area contributed by atoms with Gasteiger partial charge in [-0.3, -0.25) is 9.69 Å². The van der Waals surface area contributed by atoms with Gasteiger partial charge in [-0.2, -0.15) is 0 Å². The van der Waals surface area contributed by atoms with Gasteiger partial charge >= 0.3 is 0 Å². The van der Waals surface area contributed by atoms with Crippen molar-refractivity contribution in [1.82, 2.24) is 24.6 Å². The lowest BCUT2D eigenvalue weighted by atomic mass is 9.97. The van der Waals surface area contributed by atoms with E-state index in [-0.39, 0.29) is 5.91 Å². The Morgan fingerprint density at radius 3 is 2.55 bits per heavy atom. The lowest BCUT2D eigenvalue weighted by Gasteiger charge is -2.38.